The van der Waals surface area contributed by atoms with Crippen molar-refractivity contribution in [2.45, 2.75) is 31.8 Å². The van der Waals surface area contributed by atoms with Crippen molar-refractivity contribution in [1.29, 1.82) is 0 Å². The summed E-state index contributed by atoms with van der Waals surface area (Å²) in [5.74, 6) is -1.25. The van der Waals surface area contributed by atoms with Crippen LogP contribution in [-0.4, -0.2) is 46.5 Å². The smallest absolute Gasteiger partial charge is 0.320 e. The average Bonchev–Trinajstić information content (AvgIpc) is 2.87. The van der Waals surface area contributed by atoms with E-state index in [9.17, 15) is 14.0 Å². The third-order valence-corrected chi connectivity index (χ3v) is 3.72. The van der Waals surface area contributed by atoms with Gasteiger partial charge >= 0.3 is 12.0 Å². The summed E-state index contributed by atoms with van der Waals surface area (Å²) in [7, 11) is 1.60. The van der Waals surface area contributed by atoms with Gasteiger partial charge in [-0.25, -0.2) is 9.18 Å². The molecule has 0 bridgehead atoms. The Morgan fingerprint density at radius 3 is 2.81 bits per heavy atom. The molecule has 5 nitrogen and oxygen atoms in total. The maximum atomic E-state index is 13.6. The monoisotopic (exact) mass is 294 g/mol. The molecular weight excluding hydrogens is 275 g/mol. The van der Waals surface area contributed by atoms with Crippen molar-refractivity contribution in [2.24, 2.45) is 0 Å². The van der Waals surface area contributed by atoms with Gasteiger partial charge in [-0.2, -0.15) is 0 Å². The third kappa shape index (κ3) is 3.71. The molecule has 1 unspecified atom stereocenters. The second kappa shape index (κ2) is 6.56. The minimum atomic E-state index is -0.906. The lowest BCUT2D eigenvalue weighted by molar-refractivity contribution is -0.138. The molecule has 2 rings (SSSR count). The number of carboxylic acid groups (broad SMARTS) is 1. The van der Waals surface area contributed by atoms with Gasteiger partial charge in [-0.3, -0.25) is 4.79 Å². The number of likely N-dealkylation sites (tertiary alicyclic amines) is 1. The molecule has 0 aliphatic carbocycles. The quantitative estimate of drug-likeness (QED) is 0.927. The number of carboxylic acids is 1. The van der Waals surface area contributed by atoms with Crippen LogP contribution in [0.5, 0.6) is 0 Å². The fourth-order valence-electron chi connectivity index (χ4n) is 2.67. The molecule has 0 radical (unpaired) electrons. The number of halogens is 1. The highest BCUT2D eigenvalue weighted by Crippen LogP contribution is 2.22. The van der Waals surface area contributed by atoms with E-state index in [1.165, 1.54) is 11.0 Å². The predicted octanol–water partition coefficient (Wildman–Crippen LogP) is 2.32. The van der Waals surface area contributed by atoms with Crippen LogP contribution < -0.4 is 0 Å². The Kier molecular flexibility index (Phi) is 4.77. The zero-order valence-corrected chi connectivity index (χ0v) is 12.0. The Morgan fingerprint density at radius 1 is 1.43 bits per heavy atom. The van der Waals surface area contributed by atoms with Gasteiger partial charge < -0.3 is 14.9 Å². The zero-order chi connectivity index (χ0) is 15.4. The van der Waals surface area contributed by atoms with Gasteiger partial charge in [0.15, 0.2) is 0 Å². The first-order chi connectivity index (χ1) is 9.99. The molecule has 114 valence electrons. The van der Waals surface area contributed by atoms with Gasteiger partial charge in [-0.1, -0.05) is 18.2 Å². The number of carbonyl (C=O) groups excluding carboxylic acids is 1. The topological polar surface area (TPSA) is 60.9 Å². The molecule has 1 fully saturated rings. The lowest BCUT2D eigenvalue weighted by Crippen LogP contribution is -2.44. The van der Waals surface area contributed by atoms with E-state index in [0.717, 1.165) is 6.42 Å². The second-order valence-corrected chi connectivity index (χ2v) is 5.32. The maximum Gasteiger partial charge on any atom is 0.320 e. The summed E-state index contributed by atoms with van der Waals surface area (Å²) in [5, 5.41) is 8.88. The highest BCUT2D eigenvalue weighted by Gasteiger charge is 2.32. The van der Waals surface area contributed by atoms with E-state index in [4.69, 9.17) is 5.11 Å². The first-order valence-corrected chi connectivity index (χ1v) is 6.96. The summed E-state index contributed by atoms with van der Waals surface area (Å²) < 4.78 is 13.6. The summed E-state index contributed by atoms with van der Waals surface area (Å²) in [6, 6.07) is 5.80. The van der Waals surface area contributed by atoms with Gasteiger partial charge in [0.1, 0.15) is 5.82 Å². The van der Waals surface area contributed by atoms with Crippen LogP contribution in [0.3, 0.4) is 0 Å². The number of amides is 2. The van der Waals surface area contributed by atoms with Crippen molar-refractivity contribution in [1.82, 2.24) is 9.80 Å². The van der Waals surface area contributed by atoms with Crippen LogP contribution >= 0.6 is 0 Å². The molecule has 2 amide bonds. The number of rotatable bonds is 4. The fraction of sp³-hybridized carbons (Fsp3) is 0.467. The van der Waals surface area contributed by atoms with E-state index < -0.39 is 5.97 Å². The standard InChI is InChI=1S/C15H19FN2O3/c1-17(10-11-5-2-3-7-13(11)16)15(21)18-8-4-6-12(18)9-14(19)20/h2-3,5,7,12H,4,6,8-10H2,1H3,(H,19,20). The van der Waals surface area contributed by atoms with E-state index in [2.05, 4.69) is 0 Å². The van der Waals surface area contributed by atoms with Gasteiger partial charge in [-0.15, -0.1) is 0 Å². The van der Waals surface area contributed by atoms with Crippen molar-refractivity contribution in [3.05, 3.63) is 35.6 Å². The summed E-state index contributed by atoms with van der Waals surface area (Å²) >= 11 is 0. The molecule has 1 saturated heterocycles. The van der Waals surface area contributed by atoms with E-state index in [1.54, 1.807) is 30.1 Å². The van der Waals surface area contributed by atoms with E-state index in [-0.39, 0.29) is 30.9 Å². The Morgan fingerprint density at radius 2 is 2.14 bits per heavy atom. The largest absolute Gasteiger partial charge is 0.481 e. The van der Waals surface area contributed by atoms with Crippen molar-refractivity contribution in [3.63, 3.8) is 0 Å². The second-order valence-electron chi connectivity index (χ2n) is 5.32. The molecule has 1 aromatic rings. The first-order valence-electron chi connectivity index (χ1n) is 6.96. The van der Waals surface area contributed by atoms with Gasteiger partial charge in [-0.05, 0) is 18.9 Å². The minimum Gasteiger partial charge on any atom is -0.481 e. The molecule has 1 atom stereocenters. The van der Waals surface area contributed by atoms with Gasteiger partial charge in [0.2, 0.25) is 0 Å². The van der Waals surface area contributed by atoms with Gasteiger partial charge in [0, 0.05) is 31.7 Å². The van der Waals surface area contributed by atoms with E-state index in [1.807, 2.05) is 0 Å². The Labute approximate surface area is 123 Å². The highest BCUT2D eigenvalue weighted by atomic mass is 19.1. The number of benzene rings is 1. The minimum absolute atomic E-state index is 0.0424. The first kappa shape index (κ1) is 15.3. The average molecular weight is 294 g/mol. The lowest BCUT2D eigenvalue weighted by atomic mass is 10.1. The molecular formula is C15H19FN2O3. The number of hydrogen-bond donors (Lipinski definition) is 1. The number of nitrogens with zero attached hydrogens (tertiary/aromatic N) is 2. The zero-order valence-electron chi connectivity index (χ0n) is 12.0. The van der Waals surface area contributed by atoms with Crippen molar-refractivity contribution in [2.75, 3.05) is 13.6 Å². The van der Waals surface area contributed by atoms with Crippen LogP contribution in [0, 0.1) is 5.82 Å². The van der Waals surface area contributed by atoms with Crippen LogP contribution in [0.4, 0.5) is 9.18 Å². The molecule has 0 saturated carbocycles. The van der Waals surface area contributed by atoms with Crippen LogP contribution in [0.1, 0.15) is 24.8 Å². The van der Waals surface area contributed by atoms with Crippen molar-refractivity contribution >= 4 is 12.0 Å². The number of urea groups is 1. The van der Waals surface area contributed by atoms with Crippen molar-refractivity contribution in [3.8, 4) is 0 Å². The summed E-state index contributed by atoms with van der Waals surface area (Å²) in [4.78, 5) is 26.2. The molecule has 0 spiro atoms. The van der Waals surface area contributed by atoms with Gasteiger partial charge in [0.05, 0.1) is 6.42 Å². The number of carbonyl (C=O) groups is 2. The summed E-state index contributed by atoms with van der Waals surface area (Å²) in [6.07, 6.45) is 1.46. The third-order valence-electron chi connectivity index (χ3n) is 3.72. The SMILES string of the molecule is CN(Cc1ccccc1F)C(=O)N1CCCC1CC(=O)O. The lowest BCUT2D eigenvalue weighted by Gasteiger charge is -2.29. The van der Waals surface area contributed by atoms with E-state index >= 15 is 0 Å². The van der Waals surface area contributed by atoms with E-state index in [0.29, 0.717) is 18.5 Å². The molecule has 1 aromatic carbocycles. The molecule has 21 heavy (non-hydrogen) atoms. The van der Waals surface area contributed by atoms with Crippen LogP contribution in [0.15, 0.2) is 24.3 Å². The molecule has 1 aliphatic rings. The maximum absolute atomic E-state index is 13.6. The Hall–Kier alpha value is -2.11. The number of hydrogen-bond acceptors (Lipinski definition) is 2. The predicted molar refractivity (Wildman–Crippen MR) is 75.2 cm³/mol. The molecule has 1 N–H and O–H groups in total. The van der Waals surface area contributed by atoms with Gasteiger partial charge in [0.25, 0.3) is 0 Å². The molecule has 1 heterocycles. The number of aliphatic carboxylic acids is 1. The van der Waals surface area contributed by atoms with Crippen LogP contribution in [-0.2, 0) is 11.3 Å². The summed E-state index contributed by atoms with van der Waals surface area (Å²) in [5.41, 5.74) is 0.447. The fourth-order valence-corrected chi connectivity index (χ4v) is 2.67. The Balaban J connectivity index is 2.02. The summed E-state index contributed by atoms with van der Waals surface area (Å²) in [6.45, 7) is 0.722. The normalized spacial score (nSPS) is 17.8. The van der Waals surface area contributed by atoms with Crippen LogP contribution in [0.25, 0.3) is 0 Å². The molecule has 1 aliphatic heterocycles. The Bertz CT molecular complexity index is 535. The molecule has 6 heteroatoms. The molecule has 0 aromatic heterocycles. The highest BCUT2D eigenvalue weighted by molar-refractivity contribution is 5.76. The van der Waals surface area contributed by atoms with Crippen molar-refractivity contribution < 1.29 is 19.1 Å². The van der Waals surface area contributed by atoms with Crippen LogP contribution in [0.2, 0.25) is 0 Å².